The molecular weight excluding hydrogens is 260 g/mol. The quantitative estimate of drug-likeness (QED) is 0.779. The predicted molar refractivity (Wildman–Crippen MR) is 70.0 cm³/mol. The minimum atomic E-state index is -1.14. The lowest BCUT2D eigenvalue weighted by atomic mass is 9.50. The highest BCUT2D eigenvalue weighted by Gasteiger charge is 2.55. The third-order valence-electron chi connectivity index (χ3n) is 5.62. The molecule has 0 saturated heterocycles. The highest BCUT2D eigenvalue weighted by Crippen LogP contribution is 2.59. The molecule has 1 N–H and O–H groups in total. The summed E-state index contributed by atoms with van der Waals surface area (Å²) in [4.78, 5) is 21.9. The number of hydrogen-bond donors (Lipinski definition) is 1. The Balaban J connectivity index is 1.56. The highest BCUT2D eigenvalue weighted by atomic mass is 16.6. The van der Waals surface area contributed by atoms with Crippen molar-refractivity contribution in [3.05, 3.63) is 0 Å². The van der Waals surface area contributed by atoms with Gasteiger partial charge in [0.15, 0.2) is 6.61 Å². The maximum absolute atomic E-state index is 11.5. The van der Waals surface area contributed by atoms with Gasteiger partial charge in [-0.2, -0.15) is 0 Å². The first-order valence-corrected chi connectivity index (χ1v) is 7.48. The lowest BCUT2D eigenvalue weighted by Crippen LogP contribution is -2.57. The van der Waals surface area contributed by atoms with Crippen molar-refractivity contribution < 1.29 is 24.2 Å². The Labute approximate surface area is 118 Å². The molecule has 0 aromatic rings. The molecule has 112 valence electrons. The number of rotatable bonds is 5. The average molecular weight is 282 g/mol. The molecule has 0 amide bonds. The molecule has 0 aliphatic heterocycles. The standard InChI is InChI=1S/C15H22O5/c1-15(20-8-14(18)19-7-13(16)17)11-3-9-2-10(5-11)6-12(15)4-9/h9-12H,2-8H2,1H3,(H,16,17). The van der Waals surface area contributed by atoms with E-state index in [0.717, 1.165) is 11.8 Å². The van der Waals surface area contributed by atoms with Gasteiger partial charge in [0.25, 0.3) is 0 Å². The minimum Gasteiger partial charge on any atom is -0.479 e. The monoisotopic (exact) mass is 282 g/mol. The van der Waals surface area contributed by atoms with Crippen LogP contribution in [0.1, 0.15) is 39.0 Å². The number of carbonyl (C=O) groups excluding carboxylic acids is 1. The topological polar surface area (TPSA) is 72.8 Å². The van der Waals surface area contributed by atoms with Crippen molar-refractivity contribution in [1.29, 1.82) is 0 Å². The smallest absolute Gasteiger partial charge is 0.341 e. The fourth-order valence-electron chi connectivity index (χ4n) is 4.75. The zero-order valence-corrected chi connectivity index (χ0v) is 11.8. The summed E-state index contributed by atoms with van der Waals surface area (Å²) in [7, 11) is 0. The third kappa shape index (κ3) is 2.43. The molecule has 5 nitrogen and oxygen atoms in total. The Morgan fingerprint density at radius 3 is 2.10 bits per heavy atom. The van der Waals surface area contributed by atoms with E-state index in [1.54, 1.807) is 0 Å². The lowest BCUT2D eigenvalue weighted by molar-refractivity contribution is -0.203. The van der Waals surface area contributed by atoms with Gasteiger partial charge in [0.1, 0.15) is 6.61 Å². The van der Waals surface area contributed by atoms with E-state index in [1.807, 2.05) is 0 Å². The number of ether oxygens (including phenoxy) is 2. The van der Waals surface area contributed by atoms with Crippen LogP contribution in [-0.2, 0) is 19.1 Å². The molecule has 0 aromatic heterocycles. The van der Waals surface area contributed by atoms with Crippen LogP contribution >= 0.6 is 0 Å². The van der Waals surface area contributed by atoms with E-state index in [0.29, 0.717) is 11.8 Å². The maximum atomic E-state index is 11.5. The summed E-state index contributed by atoms with van der Waals surface area (Å²) in [6.07, 6.45) is 6.24. The number of carbonyl (C=O) groups is 2. The van der Waals surface area contributed by atoms with Crippen LogP contribution in [0.5, 0.6) is 0 Å². The van der Waals surface area contributed by atoms with E-state index in [2.05, 4.69) is 11.7 Å². The largest absolute Gasteiger partial charge is 0.479 e. The van der Waals surface area contributed by atoms with Crippen LogP contribution in [-0.4, -0.2) is 35.9 Å². The summed E-state index contributed by atoms with van der Waals surface area (Å²) in [5, 5.41) is 8.48. The van der Waals surface area contributed by atoms with E-state index < -0.39 is 18.5 Å². The molecule has 4 saturated carbocycles. The first-order chi connectivity index (χ1) is 9.47. The molecule has 4 aliphatic rings. The number of carboxylic acid groups (broad SMARTS) is 1. The normalized spacial score (nSPS) is 41.6. The fourth-order valence-corrected chi connectivity index (χ4v) is 4.75. The summed E-state index contributed by atoms with van der Waals surface area (Å²) in [5.41, 5.74) is -0.227. The summed E-state index contributed by atoms with van der Waals surface area (Å²) in [5.74, 6) is 1.08. The number of hydrogen-bond acceptors (Lipinski definition) is 4. The van der Waals surface area contributed by atoms with Crippen molar-refractivity contribution in [3.63, 3.8) is 0 Å². The molecule has 0 heterocycles. The average Bonchev–Trinajstić information content (AvgIpc) is 2.39. The zero-order valence-electron chi connectivity index (χ0n) is 11.8. The van der Waals surface area contributed by atoms with Gasteiger partial charge in [-0.05, 0) is 62.7 Å². The van der Waals surface area contributed by atoms with Crippen LogP contribution in [0.4, 0.5) is 0 Å². The second kappa shape index (κ2) is 5.02. The molecule has 4 fully saturated rings. The molecule has 5 heteroatoms. The van der Waals surface area contributed by atoms with E-state index in [-0.39, 0.29) is 12.2 Å². The minimum absolute atomic E-state index is 0.133. The van der Waals surface area contributed by atoms with Gasteiger partial charge in [-0.15, -0.1) is 0 Å². The van der Waals surface area contributed by atoms with E-state index in [9.17, 15) is 9.59 Å². The Kier molecular flexibility index (Phi) is 3.48. The molecule has 0 atom stereocenters. The molecule has 0 spiro atoms. The first-order valence-electron chi connectivity index (χ1n) is 7.48. The fraction of sp³-hybridized carbons (Fsp3) is 0.867. The van der Waals surface area contributed by atoms with Gasteiger partial charge in [-0.1, -0.05) is 0 Å². The number of esters is 1. The highest BCUT2D eigenvalue weighted by molar-refractivity contribution is 5.75. The van der Waals surface area contributed by atoms with Gasteiger partial charge < -0.3 is 14.6 Å². The van der Waals surface area contributed by atoms with Crippen LogP contribution < -0.4 is 0 Å². The van der Waals surface area contributed by atoms with Crippen LogP contribution in [0.3, 0.4) is 0 Å². The Bertz CT molecular complexity index is 388. The molecule has 4 bridgehead atoms. The summed E-state index contributed by atoms with van der Waals surface area (Å²) >= 11 is 0. The van der Waals surface area contributed by atoms with Gasteiger partial charge in [-0.25, -0.2) is 9.59 Å². The van der Waals surface area contributed by atoms with Crippen LogP contribution in [0.2, 0.25) is 0 Å². The van der Waals surface area contributed by atoms with Crippen molar-refractivity contribution >= 4 is 11.9 Å². The Morgan fingerprint density at radius 2 is 1.60 bits per heavy atom. The van der Waals surface area contributed by atoms with Crippen molar-refractivity contribution in [3.8, 4) is 0 Å². The van der Waals surface area contributed by atoms with Crippen molar-refractivity contribution in [2.75, 3.05) is 13.2 Å². The molecule has 4 rings (SSSR count). The Hall–Kier alpha value is -1.10. The van der Waals surface area contributed by atoms with Crippen LogP contribution in [0.15, 0.2) is 0 Å². The van der Waals surface area contributed by atoms with Crippen molar-refractivity contribution in [2.24, 2.45) is 23.7 Å². The van der Waals surface area contributed by atoms with Crippen LogP contribution in [0, 0.1) is 23.7 Å². The first kappa shape index (κ1) is 13.9. The maximum Gasteiger partial charge on any atom is 0.341 e. The summed E-state index contributed by atoms with van der Waals surface area (Å²) in [6, 6.07) is 0. The van der Waals surface area contributed by atoms with Gasteiger partial charge in [-0.3, -0.25) is 0 Å². The van der Waals surface area contributed by atoms with Gasteiger partial charge in [0.05, 0.1) is 5.60 Å². The SMILES string of the molecule is CC1(OCC(=O)OCC(=O)O)C2CC3CC(C2)CC1C3. The zero-order chi connectivity index (χ0) is 14.3. The molecule has 0 unspecified atom stereocenters. The van der Waals surface area contributed by atoms with Gasteiger partial charge >= 0.3 is 11.9 Å². The van der Waals surface area contributed by atoms with Gasteiger partial charge in [0, 0.05) is 0 Å². The molecule has 4 aliphatic carbocycles. The van der Waals surface area contributed by atoms with E-state index in [4.69, 9.17) is 9.84 Å². The molecular formula is C15H22O5. The van der Waals surface area contributed by atoms with Gasteiger partial charge in [0.2, 0.25) is 0 Å². The van der Waals surface area contributed by atoms with Crippen LogP contribution in [0.25, 0.3) is 0 Å². The van der Waals surface area contributed by atoms with E-state index >= 15 is 0 Å². The second-order valence-corrected chi connectivity index (χ2v) is 6.83. The molecule has 0 radical (unpaired) electrons. The number of carboxylic acids is 1. The second-order valence-electron chi connectivity index (χ2n) is 6.83. The van der Waals surface area contributed by atoms with Crippen molar-refractivity contribution in [2.45, 2.75) is 44.6 Å². The number of aliphatic carboxylic acids is 1. The van der Waals surface area contributed by atoms with Crippen molar-refractivity contribution in [1.82, 2.24) is 0 Å². The molecule has 0 aromatic carbocycles. The third-order valence-corrected chi connectivity index (χ3v) is 5.62. The lowest BCUT2D eigenvalue weighted by Gasteiger charge is -2.59. The molecule has 20 heavy (non-hydrogen) atoms. The summed E-state index contributed by atoms with van der Waals surface area (Å²) in [6.45, 7) is 1.41. The summed E-state index contributed by atoms with van der Waals surface area (Å²) < 4.78 is 10.6. The van der Waals surface area contributed by atoms with E-state index in [1.165, 1.54) is 32.1 Å². The predicted octanol–water partition coefficient (Wildman–Crippen LogP) is 1.85. The Morgan fingerprint density at radius 1 is 1.05 bits per heavy atom.